The standard InChI is InChI=1S/C36H43N3O2/c1-24(33(40)37-7)32-26-18-14-15-19-27(26)35(3,4)29(32)21-12-10-9-11-13-23-31-36(5,6)28-20-16-17-22-30(28)39(31)25(2)34(41)38-8/h9-25H,1-8H3,(H,37,40)(H,38,41)/b10-9+,13-11+,21-12+,31-23+. The minimum Gasteiger partial charge on any atom is -0.359 e. The Bertz CT molecular complexity index is 1490. The molecule has 0 bridgehead atoms. The number of likely N-dealkylation sites (N-methyl/N-ethyl adjacent to an activating group) is 1. The van der Waals surface area contributed by atoms with Crippen LogP contribution in [0.5, 0.6) is 0 Å². The van der Waals surface area contributed by atoms with Crippen LogP contribution in [0.2, 0.25) is 0 Å². The van der Waals surface area contributed by atoms with Crippen molar-refractivity contribution in [3.8, 4) is 0 Å². The van der Waals surface area contributed by atoms with Gasteiger partial charge in [-0.05, 0) is 53.8 Å². The fraction of sp³-hybridized carbons (Fsp3) is 0.333. The van der Waals surface area contributed by atoms with Crippen molar-refractivity contribution in [2.75, 3.05) is 19.0 Å². The van der Waals surface area contributed by atoms with E-state index >= 15 is 0 Å². The van der Waals surface area contributed by atoms with Gasteiger partial charge in [0, 0.05) is 36.3 Å². The number of amides is 2. The van der Waals surface area contributed by atoms with E-state index in [1.54, 1.807) is 14.1 Å². The van der Waals surface area contributed by atoms with Crippen LogP contribution in [0, 0.1) is 5.92 Å². The van der Waals surface area contributed by atoms with Gasteiger partial charge in [0.05, 0.1) is 5.92 Å². The van der Waals surface area contributed by atoms with Crippen LogP contribution in [0.4, 0.5) is 5.69 Å². The maximum absolute atomic E-state index is 12.6. The third-order valence-electron chi connectivity index (χ3n) is 8.64. The van der Waals surface area contributed by atoms with Gasteiger partial charge in [0.1, 0.15) is 6.04 Å². The van der Waals surface area contributed by atoms with Gasteiger partial charge in [-0.1, -0.05) is 107 Å². The molecule has 214 valence electrons. The molecule has 0 radical (unpaired) electrons. The molecule has 0 fully saturated rings. The Hall–Kier alpha value is -4.12. The summed E-state index contributed by atoms with van der Waals surface area (Å²) in [6.07, 6.45) is 14.4. The molecule has 41 heavy (non-hydrogen) atoms. The molecular weight excluding hydrogens is 506 g/mol. The third kappa shape index (κ3) is 5.33. The molecule has 2 unspecified atom stereocenters. The maximum Gasteiger partial charge on any atom is 0.242 e. The second-order valence-corrected chi connectivity index (χ2v) is 11.8. The second kappa shape index (κ2) is 11.8. The Morgan fingerprint density at radius 2 is 1.34 bits per heavy atom. The van der Waals surface area contributed by atoms with Crippen molar-refractivity contribution in [1.29, 1.82) is 0 Å². The van der Waals surface area contributed by atoms with E-state index in [9.17, 15) is 9.59 Å². The van der Waals surface area contributed by atoms with Gasteiger partial charge >= 0.3 is 0 Å². The highest BCUT2D eigenvalue weighted by Crippen LogP contribution is 2.50. The normalized spacial score (nSPS) is 19.7. The van der Waals surface area contributed by atoms with E-state index in [1.807, 2.05) is 56.4 Å². The van der Waals surface area contributed by atoms with E-state index in [4.69, 9.17) is 0 Å². The molecule has 2 amide bonds. The summed E-state index contributed by atoms with van der Waals surface area (Å²) in [5.74, 6) is -0.257. The molecule has 1 aliphatic heterocycles. The highest BCUT2D eigenvalue weighted by Gasteiger charge is 2.43. The zero-order chi connectivity index (χ0) is 29.9. The number of allylic oxidation sites excluding steroid dienone is 9. The topological polar surface area (TPSA) is 61.4 Å². The summed E-state index contributed by atoms with van der Waals surface area (Å²) in [6.45, 7) is 12.8. The van der Waals surface area contributed by atoms with E-state index in [1.165, 1.54) is 11.1 Å². The molecule has 0 saturated heterocycles. The quantitative estimate of drug-likeness (QED) is 0.365. The van der Waals surface area contributed by atoms with Gasteiger partial charge < -0.3 is 15.5 Å². The summed E-state index contributed by atoms with van der Waals surface area (Å²) in [4.78, 5) is 27.4. The minimum atomic E-state index is -0.334. The van der Waals surface area contributed by atoms with Crippen molar-refractivity contribution < 1.29 is 9.59 Å². The van der Waals surface area contributed by atoms with Crippen molar-refractivity contribution >= 4 is 23.1 Å². The first-order valence-electron chi connectivity index (χ1n) is 14.4. The molecule has 0 saturated carbocycles. The Morgan fingerprint density at radius 1 is 0.756 bits per heavy atom. The number of rotatable bonds is 8. The predicted octanol–water partition coefficient (Wildman–Crippen LogP) is 6.60. The zero-order valence-electron chi connectivity index (χ0n) is 25.6. The van der Waals surface area contributed by atoms with E-state index in [0.29, 0.717) is 0 Å². The summed E-state index contributed by atoms with van der Waals surface area (Å²) in [7, 11) is 3.37. The fourth-order valence-electron chi connectivity index (χ4n) is 6.31. The lowest BCUT2D eigenvalue weighted by molar-refractivity contribution is -0.122. The maximum atomic E-state index is 12.6. The van der Waals surface area contributed by atoms with Gasteiger partial charge in [-0.15, -0.1) is 0 Å². The average molecular weight is 550 g/mol. The average Bonchev–Trinajstić information content (AvgIpc) is 3.34. The van der Waals surface area contributed by atoms with Crippen molar-refractivity contribution in [1.82, 2.24) is 10.6 Å². The van der Waals surface area contributed by atoms with E-state index in [0.717, 1.165) is 28.1 Å². The molecule has 5 heteroatoms. The molecule has 2 aromatic carbocycles. The molecule has 5 nitrogen and oxygen atoms in total. The van der Waals surface area contributed by atoms with Crippen LogP contribution < -0.4 is 15.5 Å². The molecule has 0 spiro atoms. The Balaban J connectivity index is 1.60. The van der Waals surface area contributed by atoms with E-state index in [2.05, 4.69) is 91.8 Å². The first-order valence-corrected chi connectivity index (χ1v) is 14.4. The Kier molecular flexibility index (Phi) is 8.58. The molecule has 2 atom stereocenters. The lowest BCUT2D eigenvalue weighted by Crippen LogP contribution is -2.43. The number of para-hydroxylation sites is 1. The molecule has 1 heterocycles. The van der Waals surface area contributed by atoms with E-state index < -0.39 is 0 Å². The SMILES string of the molecule is CNC(=O)C(C)C1=C(/C=C/C=C/C=C/C=C2/N(C(C)C(=O)NC)c3ccccc3C2(C)C)C(C)(C)c2ccccc21. The predicted molar refractivity (Wildman–Crippen MR) is 171 cm³/mol. The fourth-order valence-corrected chi connectivity index (χ4v) is 6.31. The Labute approximate surface area is 245 Å². The lowest BCUT2D eigenvalue weighted by Gasteiger charge is -2.31. The molecule has 1 aliphatic carbocycles. The third-order valence-corrected chi connectivity index (χ3v) is 8.64. The van der Waals surface area contributed by atoms with Gasteiger partial charge in [0.15, 0.2) is 0 Å². The molecule has 4 rings (SSSR count). The van der Waals surface area contributed by atoms with Gasteiger partial charge in [-0.2, -0.15) is 0 Å². The number of nitrogens with one attached hydrogen (secondary N) is 2. The number of fused-ring (bicyclic) bond motifs is 2. The summed E-state index contributed by atoms with van der Waals surface area (Å²) < 4.78 is 0. The van der Waals surface area contributed by atoms with Crippen molar-refractivity contribution in [2.24, 2.45) is 5.92 Å². The van der Waals surface area contributed by atoms with Crippen LogP contribution in [0.25, 0.3) is 5.57 Å². The zero-order valence-corrected chi connectivity index (χ0v) is 25.6. The first-order chi connectivity index (χ1) is 19.5. The van der Waals surface area contributed by atoms with Crippen LogP contribution in [-0.4, -0.2) is 32.0 Å². The monoisotopic (exact) mass is 549 g/mol. The van der Waals surface area contributed by atoms with Crippen LogP contribution in [-0.2, 0) is 20.4 Å². The van der Waals surface area contributed by atoms with Crippen molar-refractivity contribution in [2.45, 2.75) is 58.4 Å². The second-order valence-electron chi connectivity index (χ2n) is 11.8. The number of benzene rings is 2. The number of nitrogens with zero attached hydrogens (tertiary/aromatic N) is 1. The van der Waals surface area contributed by atoms with Gasteiger partial charge in [0.25, 0.3) is 0 Å². The summed E-state index contributed by atoms with van der Waals surface area (Å²) in [5, 5.41) is 5.61. The Morgan fingerprint density at radius 3 is 2.02 bits per heavy atom. The van der Waals surface area contributed by atoms with E-state index in [-0.39, 0.29) is 34.6 Å². The number of carbonyl (C=O) groups excluding carboxylic acids is 2. The lowest BCUT2D eigenvalue weighted by atomic mass is 9.80. The number of carbonyl (C=O) groups is 2. The van der Waals surface area contributed by atoms with Crippen molar-refractivity contribution in [3.63, 3.8) is 0 Å². The smallest absolute Gasteiger partial charge is 0.242 e. The minimum absolute atomic E-state index is 0.0154. The van der Waals surface area contributed by atoms with Crippen LogP contribution >= 0.6 is 0 Å². The van der Waals surface area contributed by atoms with Gasteiger partial charge in [-0.25, -0.2) is 0 Å². The van der Waals surface area contributed by atoms with Gasteiger partial charge in [0.2, 0.25) is 11.8 Å². The molecule has 0 aromatic heterocycles. The van der Waals surface area contributed by atoms with Crippen LogP contribution in [0.3, 0.4) is 0 Å². The first kappa shape index (κ1) is 29.9. The number of hydrogen-bond donors (Lipinski definition) is 2. The molecule has 2 aliphatic rings. The largest absolute Gasteiger partial charge is 0.359 e. The van der Waals surface area contributed by atoms with Gasteiger partial charge in [-0.3, -0.25) is 9.59 Å². The summed E-state index contributed by atoms with van der Waals surface area (Å²) in [5.41, 5.74) is 7.58. The van der Waals surface area contributed by atoms with Crippen LogP contribution in [0.15, 0.2) is 102 Å². The molecule has 2 N–H and O–H groups in total. The number of anilines is 1. The highest BCUT2D eigenvalue weighted by molar-refractivity contribution is 5.96. The van der Waals surface area contributed by atoms with Crippen molar-refractivity contribution in [3.05, 3.63) is 119 Å². The summed E-state index contributed by atoms with van der Waals surface area (Å²) >= 11 is 0. The molecule has 2 aromatic rings. The number of hydrogen-bond acceptors (Lipinski definition) is 3. The molecular formula is C36H43N3O2. The summed E-state index contributed by atoms with van der Waals surface area (Å²) in [6, 6.07) is 16.4. The highest BCUT2D eigenvalue weighted by atomic mass is 16.2. The van der Waals surface area contributed by atoms with Crippen LogP contribution in [0.1, 0.15) is 58.2 Å².